The number of unbranched alkanes of at least 4 members (excludes halogenated alkanes) is 12. The van der Waals surface area contributed by atoms with Crippen molar-refractivity contribution in [1.29, 1.82) is 0 Å². The Balaban J connectivity index is 1.84. The fourth-order valence-electron chi connectivity index (χ4n) is 14.3. The van der Waals surface area contributed by atoms with Crippen molar-refractivity contribution in [3.63, 3.8) is 0 Å². The number of hydrogen-bond acceptors (Lipinski definition) is 21. The molecule has 0 spiro atoms. The fourth-order valence-corrected chi connectivity index (χ4v) is 14.3. The number of nitrogens with two attached hydrogens (primary N) is 5. The van der Waals surface area contributed by atoms with Crippen LogP contribution in [0, 0.1) is 17.8 Å². The molecule has 0 aliphatic rings. The summed E-state index contributed by atoms with van der Waals surface area (Å²) in [6.45, 7) is 12.2. The van der Waals surface area contributed by atoms with Crippen molar-refractivity contribution in [2.45, 2.75) is 308 Å². The lowest BCUT2D eigenvalue weighted by molar-refractivity contribution is -0.138. The standard InChI is InChI=1S/C93H146N20O20/c1-9-11-12-13-14-15-16-17-18-19-29-42-76(116)99-54-77(117)105-72(52-74(96)114)92(132)113-81(59(7)10-2)93(133)112-70(50-62-36-25-21-26-37-62)87(127)102-60(8)83(123)108-73(53-75(97)115)91(131)109-68(48-58(5)6)89(129)111-71(51-63-38-27-22-28-39-63)90(130)107-65(40-30-32-45-94)84(124)100-56-79(119)104-67(47-57(3)4)88(128)110-69(49-61-34-23-20-24-35-61)85(125)101-55-78(118)103-66(41-31-33-46-95)86(126)106-64(82(98)122)43-44-80(120)121/h20-28,34-39,57-60,64-73,81H,9-19,29-33,40-56,94-95H2,1-8H3,(H2,96,114)(H2,97,115)(H2,98,122)(H,99,116)(H,100,124)(H,101,125)(H,102,127)(H,103,118)(H,104,119)(H,105,117)(H,106,126)(H,107,130)(H,108,123)(H,109,131)(H,110,128)(H,111,129)(H,112,133)(H,113,132)(H,120,121)/t59-,60-,64-,65-,66-,67-,68-,69-,70-,71-,72-,73-,81-/m0/s1. The van der Waals surface area contributed by atoms with Crippen molar-refractivity contribution in [3.05, 3.63) is 108 Å². The summed E-state index contributed by atoms with van der Waals surface area (Å²) >= 11 is 0. The number of carboxylic acid groups (broad SMARTS) is 1. The Bertz CT molecular complexity index is 4220. The van der Waals surface area contributed by atoms with Gasteiger partial charge in [0.2, 0.25) is 106 Å². The maximum absolute atomic E-state index is 14.8. The number of rotatable bonds is 69. The molecule has 0 fully saturated rings. The molecule has 18 amide bonds. The molecule has 133 heavy (non-hydrogen) atoms. The zero-order valence-corrected chi connectivity index (χ0v) is 78.2. The van der Waals surface area contributed by atoms with Crippen LogP contribution in [0.2, 0.25) is 0 Å². The molecule has 40 heteroatoms. The highest BCUT2D eigenvalue weighted by Gasteiger charge is 2.38. The van der Waals surface area contributed by atoms with Crippen molar-refractivity contribution in [2.75, 3.05) is 32.7 Å². The van der Waals surface area contributed by atoms with Gasteiger partial charge < -0.3 is 114 Å². The number of nitrogens with one attached hydrogen (secondary N) is 15. The van der Waals surface area contributed by atoms with Crippen molar-refractivity contribution < 1.29 is 96.2 Å². The Morgan fingerprint density at radius 2 is 0.639 bits per heavy atom. The van der Waals surface area contributed by atoms with Crippen LogP contribution in [0.4, 0.5) is 0 Å². The Hall–Kier alpha value is -12.5. The summed E-state index contributed by atoms with van der Waals surface area (Å²) in [5.41, 5.74) is 29.8. The van der Waals surface area contributed by atoms with Crippen LogP contribution in [0.5, 0.6) is 0 Å². The van der Waals surface area contributed by atoms with E-state index in [-0.39, 0.29) is 101 Å². The SMILES string of the molecule is CCCCCCCCCCCCCC(=O)NCC(=O)N[C@@H](CC(N)=O)C(=O)N[C@H](C(=O)N[C@@H](Cc1ccccc1)C(=O)N[C@@H](C)C(=O)N[C@@H](CC(N)=O)C(=O)N[C@@H](CC(C)C)C(=O)N[C@@H](Cc1ccccc1)C(=O)N[C@@H](CCCCN)C(=O)NCC(=O)N[C@@H](CC(C)C)C(=O)N[C@@H](Cc1ccccc1)C(=O)NCC(=O)N[C@@H](CCCCN)C(=O)N[C@@H](CCC(=O)O)C(N)=O)[C@@H](C)CC. The Morgan fingerprint density at radius 1 is 0.308 bits per heavy atom. The van der Waals surface area contributed by atoms with Crippen molar-refractivity contribution in [1.82, 2.24) is 79.8 Å². The fraction of sp³-hybridized carbons (Fsp3) is 0.602. The van der Waals surface area contributed by atoms with Gasteiger partial charge >= 0.3 is 5.97 Å². The number of primary amides is 3. The number of hydrogen-bond donors (Lipinski definition) is 21. The summed E-state index contributed by atoms with van der Waals surface area (Å²) in [7, 11) is 0. The largest absolute Gasteiger partial charge is 0.481 e. The van der Waals surface area contributed by atoms with E-state index < -0.39 is 224 Å². The van der Waals surface area contributed by atoms with Crippen LogP contribution in [0.15, 0.2) is 91.0 Å². The van der Waals surface area contributed by atoms with Crippen LogP contribution >= 0.6 is 0 Å². The number of carboxylic acids is 1. The molecule has 3 aromatic rings. The predicted molar refractivity (Wildman–Crippen MR) is 497 cm³/mol. The minimum atomic E-state index is -1.81. The number of aliphatic carboxylic acids is 1. The van der Waals surface area contributed by atoms with Gasteiger partial charge in [-0.1, -0.05) is 210 Å². The van der Waals surface area contributed by atoms with Crippen LogP contribution in [-0.2, 0) is 110 Å². The summed E-state index contributed by atoms with van der Waals surface area (Å²) in [6.07, 6.45) is 10.9. The molecule has 0 aromatic heterocycles. The quantitative estimate of drug-likeness (QED) is 0.0333. The number of benzene rings is 3. The molecule has 0 bridgehead atoms. The highest BCUT2D eigenvalue weighted by molar-refractivity contribution is 6.01. The van der Waals surface area contributed by atoms with Gasteiger partial charge in [-0.15, -0.1) is 0 Å². The van der Waals surface area contributed by atoms with Crippen LogP contribution in [-0.4, -0.2) is 223 Å². The monoisotopic (exact) mass is 1860 g/mol. The molecule has 40 nitrogen and oxygen atoms in total. The van der Waals surface area contributed by atoms with Crippen LogP contribution < -0.4 is 108 Å². The Kier molecular flexibility index (Phi) is 55.5. The average Bonchev–Trinajstić information content (AvgIpc) is 0.861. The van der Waals surface area contributed by atoms with Crippen molar-refractivity contribution >= 4 is 112 Å². The van der Waals surface area contributed by atoms with E-state index in [4.69, 9.17) is 33.8 Å². The molecule has 0 aliphatic heterocycles. The molecule has 738 valence electrons. The second-order valence-electron chi connectivity index (χ2n) is 34.5. The van der Waals surface area contributed by atoms with Gasteiger partial charge in [0.25, 0.3) is 0 Å². The van der Waals surface area contributed by atoms with Gasteiger partial charge in [0.1, 0.15) is 72.5 Å². The van der Waals surface area contributed by atoms with Gasteiger partial charge in [0.05, 0.1) is 32.5 Å². The Labute approximate surface area is 779 Å². The lowest BCUT2D eigenvalue weighted by atomic mass is 9.96. The van der Waals surface area contributed by atoms with E-state index in [2.05, 4.69) is 86.7 Å². The molecule has 0 radical (unpaired) electrons. The van der Waals surface area contributed by atoms with Gasteiger partial charge in [-0.2, -0.15) is 0 Å². The highest BCUT2D eigenvalue weighted by atomic mass is 16.4. The van der Waals surface area contributed by atoms with Gasteiger partial charge in [0.15, 0.2) is 0 Å². The van der Waals surface area contributed by atoms with Crippen molar-refractivity contribution in [2.24, 2.45) is 46.4 Å². The third kappa shape index (κ3) is 48.5. The number of carbonyl (C=O) groups is 19. The molecular weight excluding hydrogens is 1720 g/mol. The van der Waals surface area contributed by atoms with Gasteiger partial charge in [-0.3, -0.25) is 91.1 Å². The first kappa shape index (κ1) is 115. The topological polar surface area (TPSA) is 655 Å². The van der Waals surface area contributed by atoms with Gasteiger partial charge in [-0.05, 0) is 119 Å². The third-order valence-electron chi connectivity index (χ3n) is 21.9. The smallest absolute Gasteiger partial charge is 0.303 e. The molecule has 0 unspecified atom stereocenters. The number of carbonyl (C=O) groups excluding carboxylic acids is 18. The normalized spacial score (nSPS) is 14.0. The van der Waals surface area contributed by atoms with E-state index in [1.807, 2.05) is 0 Å². The first-order valence-corrected chi connectivity index (χ1v) is 46.3. The molecule has 0 heterocycles. The van der Waals surface area contributed by atoms with Crippen molar-refractivity contribution in [3.8, 4) is 0 Å². The van der Waals surface area contributed by atoms with Gasteiger partial charge in [-0.25, -0.2) is 0 Å². The molecule has 0 saturated heterocycles. The zero-order chi connectivity index (χ0) is 98.9. The van der Waals surface area contributed by atoms with Crippen LogP contribution in [0.1, 0.15) is 233 Å². The van der Waals surface area contributed by atoms with E-state index in [9.17, 15) is 91.1 Å². The second kappa shape index (κ2) is 64.3. The summed E-state index contributed by atoms with van der Waals surface area (Å²) < 4.78 is 0. The highest BCUT2D eigenvalue weighted by Crippen LogP contribution is 2.18. The molecule has 3 rings (SSSR count). The average molecular weight is 1860 g/mol. The second-order valence-corrected chi connectivity index (χ2v) is 34.5. The third-order valence-corrected chi connectivity index (χ3v) is 21.9. The van der Waals surface area contributed by atoms with Crippen LogP contribution in [0.25, 0.3) is 0 Å². The molecule has 13 atom stereocenters. The van der Waals surface area contributed by atoms with E-state index in [1.165, 1.54) is 45.4 Å². The minimum Gasteiger partial charge on any atom is -0.481 e. The number of amides is 18. The van der Waals surface area contributed by atoms with Gasteiger partial charge in [0, 0.05) is 32.1 Å². The maximum atomic E-state index is 14.8. The molecule has 0 aliphatic carbocycles. The van der Waals surface area contributed by atoms with Crippen LogP contribution in [0.3, 0.4) is 0 Å². The Morgan fingerprint density at radius 3 is 1.07 bits per heavy atom. The minimum absolute atomic E-state index is 0.00574. The van der Waals surface area contributed by atoms with E-state index in [1.54, 1.807) is 133 Å². The molecule has 3 aromatic carbocycles. The lowest BCUT2D eigenvalue weighted by Crippen LogP contribution is -2.61. The summed E-state index contributed by atoms with van der Waals surface area (Å²) in [5, 5.41) is 47.5. The zero-order valence-electron chi connectivity index (χ0n) is 78.2. The van der Waals surface area contributed by atoms with E-state index in [0.29, 0.717) is 42.4 Å². The lowest BCUT2D eigenvalue weighted by Gasteiger charge is -2.29. The molecule has 0 saturated carbocycles. The maximum Gasteiger partial charge on any atom is 0.303 e. The predicted octanol–water partition coefficient (Wildman–Crippen LogP) is 0.0989. The first-order valence-electron chi connectivity index (χ1n) is 46.3. The summed E-state index contributed by atoms with van der Waals surface area (Å²) in [5.74, 6) is -18.7. The van der Waals surface area contributed by atoms with E-state index >= 15 is 0 Å². The summed E-state index contributed by atoms with van der Waals surface area (Å²) in [4.78, 5) is 259. The summed E-state index contributed by atoms with van der Waals surface area (Å²) in [6, 6.07) is 7.65. The van der Waals surface area contributed by atoms with E-state index in [0.717, 1.165) is 25.7 Å². The molecular formula is C93H146N20O20. The first-order chi connectivity index (χ1) is 63.3. The molecule has 26 N–H and O–H groups in total.